The Morgan fingerprint density at radius 3 is 2.83 bits per heavy atom. The molecule has 1 unspecified atom stereocenters. The molecule has 0 aromatic carbocycles. The van der Waals surface area contributed by atoms with E-state index < -0.39 is 0 Å². The lowest BCUT2D eigenvalue weighted by molar-refractivity contribution is 0.296. The molecular formula is C8H17NOS2. The van der Waals surface area contributed by atoms with Gasteiger partial charge in [-0.1, -0.05) is 30.9 Å². The van der Waals surface area contributed by atoms with Crippen molar-refractivity contribution in [2.45, 2.75) is 32.7 Å². The van der Waals surface area contributed by atoms with E-state index >= 15 is 0 Å². The quantitative estimate of drug-likeness (QED) is 0.532. The number of hydrogen-bond acceptors (Lipinski definition) is 3. The molecule has 72 valence electrons. The third-order valence-electron chi connectivity index (χ3n) is 1.51. The third-order valence-corrected chi connectivity index (χ3v) is 2.86. The van der Waals surface area contributed by atoms with Gasteiger partial charge in [0.2, 0.25) is 0 Å². The summed E-state index contributed by atoms with van der Waals surface area (Å²) in [5.74, 6) is 0.902. The molecule has 0 aliphatic carbocycles. The van der Waals surface area contributed by atoms with Crippen LogP contribution in [0.5, 0.6) is 0 Å². The maximum atomic E-state index is 8.53. The Balaban J connectivity index is 3.33. The van der Waals surface area contributed by atoms with E-state index in [-0.39, 0.29) is 6.61 Å². The molecule has 0 saturated carbocycles. The van der Waals surface area contributed by atoms with Gasteiger partial charge >= 0.3 is 0 Å². The smallest absolute Gasteiger partial charge is 0.133 e. The molecule has 0 aliphatic heterocycles. The molecule has 0 saturated heterocycles. The van der Waals surface area contributed by atoms with Crippen LogP contribution in [0.4, 0.5) is 0 Å². The van der Waals surface area contributed by atoms with E-state index in [1.165, 1.54) is 0 Å². The first kappa shape index (κ1) is 12.2. The molecule has 0 fully saturated rings. The fourth-order valence-electron chi connectivity index (χ4n) is 0.574. The summed E-state index contributed by atoms with van der Waals surface area (Å²) < 4.78 is 0.845. The van der Waals surface area contributed by atoms with Crippen LogP contribution in [0.1, 0.15) is 26.7 Å². The molecule has 0 aromatic heterocycles. The predicted molar refractivity (Wildman–Crippen MR) is 59.6 cm³/mol. The van der Waals surface area contributed by atoms with Crippen LogP contribution in [-0.4, -0.2) is 27.8 Å². The summed E-state index contributed by atoms with van der Waals surface area (Å²) in [7, 11) is 0. The molecule has 0 bridgehead atoms. The zero-order chi connectivity index (χ0) is 9.40. The van der Waals surface area contributed by atoms with Crippen LogP contribution in [0.15, 0.2) is 0 Å². The minimum absolute atomic E-state index is 0.249. The van der Waals surface area contributed by atoms with Crippen LogP contribution >= 0.6 is 24.0 Å². The number of rotatable bonds is 5. The van der Waals surface area contributed by atoms with Crippen molar-refractivity contribution in [3.63, 3.8) is 0 Å². The lowest BCUT2D eigenvalue weighted by Crippen LogP contribution is -2.28. The minimum atomic E-state index is 0.249. The highest BCUT2D eigenvalue weighted by atomic mass is 32.2. The van der Waals surface area contributed by atoms with E-state index in [2.05, 4.69) is 19.2 Å². The second-order valence-electron chi connectivity index (χ2n) is 2.67. The van der Waals surface area contributed by atoms with Crippen LogP contribution in [0.25, 0.3) is 0 Å². The molecule has 0 radical (unpaired) electrons. The van der Waals surface area contributed by atoms with Crippen LogP contribution in [0, 0.1) is 0 Å². The van der Waals surface area contributed by atoms with Gasteiger partial charge < -0.3 is 10.4 Å². The van der Waals surface area contributed by atoms with Gasteiger partial charge in [0.05, 0.1) is 0 Å². The van der Waals surface area contributed by atoms with Crippen molar-refractivity contribution < 1.29 is 5.11 Å². The number of thioether (sulfide) groups is 1. The fraction of sp³-hybridized carbons (Fsp3) is 0.875. The third kappa shape index (κ3) is 6.88. The first-order chi connectivity index (χ1) is 5.70. The van der Waals surface area contributed by atoms with Gasteiger partial charge in [-0.3, -0.25) is 0 Å². The maximum Gasteiger partial charge on any atom is 0.133 e. The van der Waals surface area contributed by atoms with E-state index in [0.717, 1.165) is 22.9 Å². The van der Waals surface area contributed by atoms with Gasteiger partial charge in [0, 0.05) is 18.4 Å². The predicted octanol–water partition coefficient (Wildman–Crippen LogP) is 1.77. The average Bonchev–Trinajstić information content (AvgIpc) is 2.05. The number of aliphatic hydroxyl groups excluding tert-OH is 1. The summed E-state index contributed by atoms with van der Waals surface area (Å²) in [6.45, 7) is 4.48. The zero-order valence-corrected chi connectivity index (χ0v) is 9.30. The van der Waals surface area contributed by atoms with E-state index in [0.29, 0.717) is 6.04 Å². The molecular weight excluding hydrogens is 190 g/mol. The SMILES string of the molecule is CCC(C)NC(=S)SCCCO. The summed E-state index contributed by atoms with van der Waals surface area (Å²) in [5.41, 5.74) is 0. The highest BCUT2D eigenvalue weighted by Gasteiger charge is 2.00. The molecule has 1 atom stereocenters. The Kier molecular flexibility index (Phi) is 7.96. The Hall–Kier alpha value is 0.200. The van der Waals surface area contributed by atoms with E-state index in [4.69, 9.17) is 17.3 Å². The highest BCUT2D eigenvalue weighted by Crippen LogP contribution is 2.05. The molecule has 0 aliphatic rings. The van der Waals surface area contributed by atoms with Gasteiger partial charge in [-0.05, 0) is 19.8 Å². The number of nitrogens with one attached hydrogen (secondary N) is 1. The van der Waals surface area contributed by atoms with Crippen molar-refractivity contribution in [1.29, 1.82) is 0 Å². The normalized spacial score (nSPS) is 12.6. The Bertz CT molecular complexity index is 130. The van der Waals surface area contributed by atoms with Crippen molar-refractivity contribution in [2.75, 3.05) is 12.4 Å². The molecule has 0 heterocycles. The second-order valence-corrected chi connectivity index (χ2v) is 4.44. The minimum Gasteiger partial charge on any atom is -0.396 e. The molecule has 2 nitrogen and oxygen atoms in total. The van der Waals surface area contributed by atoms with Gasteiger partial charge in [-0.25, -0.2) is 0 Å². The molecule has 4 heteroatoms. The van der Waals surface area contributed by atoms with Gasteiger partial charge in [0.25, 0.3) is 0 Å². The maximum absolute atomic E-state index is 8.53. The summed E-state index contributed by atoms with van der Waals surface area (Å²) in [5, 5.41) is 11.7. The molecule has 12 heavy (non-hydrogen) atoms. The zero-order valence-electron chi connectivity index (χ0n) is 7.67. The summed E-state index contributed by atoms with van der Waals surface area (Å²) >= 11 is 6.69. The molecule has 0 rings (SSSR count). The monoisotopic (exact) mass is 207 g/mol. The highest BCUT2D eigenvalue weighted by molar-refractivity contribution is 8.22. The van der Waals surface area contributed by atoms with Gasteiger partial charge in [-0.15, -0.1) is 0 Å². The lowest BCUT2D eigenvalue weighted by atomic mass is 10.3. The first-order valence-corrected chi connectivity index (χ1v) is 5.64. The number of hydrogen-bond donors (Lipinski definition) is 2. The van der Waals surface area contributed by atoms with E-state index in [1.807, 2.05) is 0 Å². The summed E-state index contributed by atoms with van der Waals surface area (Å²) in [6, 6.07) is 0.458. The Morgan fingerprint density at radius 2 is 2.33 bits per heavy atom. The molecule has 0 amide bonds. The standard InChI is InChI=1S/C8H17NOS2/c1-3-7(2)9-8(11)12-6-4-5-10/h7,10H,3-6H2,1-2H3,(H,9,11). The first-order valence-electron chi connectivity index (χ1n) is 4.24. The van der Waals surface area contributed by atoms with Crippen molar-refractivity contribution in [3.8, 4) is 0 Å². The van der Waals surface area contributed by atoms with Gasteiger partial charge in [0.15, 0.2) is 0 Å². The van der Waals surface area contributed by atoms with Gasteiger partial charge in [0.1, 0.15) is 4.32 Å². The summed E-state index contributed by atoms with van der Waals surface area (Å²) in [6.07, 6.45) is 1.90. The van der Waals surface area contributed by atoms with Crippen LogP contribution < -0.4 is 5.32 Å². The lowest BCUT2D eigenvalue weighted by Gasteiger charge is -2.12. The van der Waals surface area contributed by atoms with Gasteiger partial charge in [-0.2, -0.15) is 0 Å². The second kappa shape index (κ2) is 7.83. The topological polar surface area (TPSA) is 32.3 Å². The van der Waals surface area contributed by atoms with Crippen molar-refractivity contribution in [2.24, 2.45) is 0 Å². The number of aliphatic hydroxyl groups is 1. The average molecular weight is 207 g/mol. The molecule has 0 aromatic rings. The van der Waals surface area contributed by atoms with Crippen molar-refractivity contribution in [3.05, 3.63) is 0 Å². The molecule has 0 spiro atoms. The van der Waals surface area contributed by atoms with Crippen LogP contribution in [0.2, 0.25) is 0 Å². The Morgan fingerprint density at radius 1 is 1.67 bits per heavy atom. The fourth-order valence-corrected chi connectivity index (χ4v) is 1.77. The van der Waals surface area contributed by atoms with Crippen molar-refractivity contribution in [1.82, 2.24) is 5.32 Å². The van der Waals surface area contributed by atoms with E-state index in [1.54, 1.807) is 11.8 Å². The van der Waals surface area contributed by atoms with Crippen LogP contribution in [0.3, 0.4) is 0 Å². The summed E-state index contributed by atoms with van der Waals surface area (Å²) in [4.78, 5) is 0. The van der Waals surface area contributed by atoms with E-state index in [9.17, 15) is 0 Å². The Labute approximate surface area is 84.1 Å². The molecule has 2 N–H and O–H groups in total. The van der Waals surface area contributed by atoms with Crippen LogP contribution in [-0.2, 0) is 0 Å². The number of thiocarbonyl (C=S) groups is 1. The van der Waals surface area contributed by atoms with Crippen molar-refractivity contribution >= 4 is 28.3 Å². The largest absolute Gasteiger partial charge is 0.396 e.